The molecule has 0 aliphatic carbocycles. The van der Waals surface area contributed by atoms with E-state index in [0.29, 0.717) is 17.2 Å². The van der Waals surface area contributed by atoms with Crippen LogP contribution in [0.5, 0.6) is 11.5 Å². The Morgan fingerprint density at radius 3 is 3.00 bits per heavy atom. The number of methoxy groups -OCH3 is 2. The SMILES string of the molecule is COC(=O)C1COc2cccc(OC)c2N1. The highest BCUT2D eigenvalue weighted by atomic mass is 16.5. The zero-order valence-electron chi connectivity index (χ0n) is 9.15. The van der Waals surface area contributed by atoms with Crippen LogP contribution in [0.2, 0.25) is 0 Å². The van der Waals surface area contributed by atoms with Crippen molar-refractivity contribution in [1.82, 2.24) is 0 Å². The van der Waals surface area contributed by atoms with E-state index in [0.717, 1.165) is 0 Å². The van der Waals surface area contributed by atoms with E-state index in [4.69, 9.17) is 9.47 Å². The molecule has 1 aromatic rings. The molecule has 0 saturated carbocycles. The van der Waals surface area contributed by atoms with E-state index < -0.39 is 6.04 Å². The summed E-state index contributed by atoms with van der Waals surface area (Å²) in [4.78, 5) is 11.4. The standard InChI is InChI=1S/C11H13NO4/c1-14-8-4-3-5-9-10(8)12-7(6-16-9)11(13)15-2/h3-5,7,12H,6H2,1-2H3. The van der Waals surface area contributed by atoms with Gasteiger partial charge in [-0.1, -0.05) is 6.07 Å². The molecule has 5 heteroatoms. The molecule has 1 unspecified atom stereocenters. The van der Waals surface area contributed by atoms with E-state index in [9.17, 15) is 4.79 Å². The molecule has 0 bridgehead atoms. The number of hydrogen-bond donors (Lipinski definition) is 1. The third kappa shape index (κ3) is 1.76. The van der Waals surface area contributed by atoms with Gasteiger partial charge in [0.2, 0.25) is 0 Å². The van der Waals surface area contributed by atoms with Gasteiger partial charge in [0.1, 0.15) is 23.8 Å². The van der Waals surface area contributed by atoms with Gasteiger partial charge in [-0.2, -0.15) is 0 Å². The van der Waals surface area contributed by atoms with Gasteiger partial charge in [-0.15, -0.1) is 0 Å². The maximum Gasteiger partial charge on any atom is 0.331 e. The van der Waals surface area contributed by atoms with Gasteiger partial charge in [0.25, 0.3) is 0 Å². The number of nitrogens with one attached hydrogen (secondary N) is 1. The van der Waals surface area contributed by atoms with E-state index in [1.54, 1.807) is 13.2 Å². The summed E-state index contributed by atoms with van der Waals surface area (Å²) in [5, 5.41) is 3.04. The Labute approximate surface area is 93.3 Å². The van der Waals surface area contributed by atoms with Gasteiger partial charge in [0.05, 0.1) is 14.2 Å². The average Bonchev–Trinajstić information content (AvgIpc) is 2.36. The van der Waals surface area contributed by atoms with Crippen LogP contribution < -0.4 is 14.8 Å². The minimum Gasteiger partial charge on any atom is -0.494 e. The lowest BCUT2D eigenvalue weighted by molar-refractivity contribution is -0.142. The molecule has 1 atom stereocenters. The molecule has 0 saturated heterocycles. The quantitative estimate of drug-likeness (QED) is 0.759. The van der Waals surface area contributed by atoms with Crippen molar-refractivity contribution in [3.8, 4) is 11.5 Å². The predicted molar refractivity (Wildman–Crippen MR) is 57.9 cm³/mol. The highest BCUT2D eigenvalue weighted by Crippen LogP contribution is 2.37. The molecule has 16 heavy (non-hydrogen) atoms. The van der Waals surface area contributed by atoms with Crippen LogP contribution in [0.15, 0.2) is 18.2 Å². The van der Waals surface area contributed by atoms with Gasteiger partial charge in [0, 0.05) is 0 Å². The molecule has 0 amide bonds. The maximum absolute atomic E-state index is 11.4. The summed E-state index contributed by atoms with van der Waals surface area (Å²) < 4.78 is 15.3. The first kappa shape index (κ1) is 10.6. The molecular weight excluding hydrogens is 210 g/mol. The Hall–Kier alpha value is -1.91. The third-order valence-electron chi connectivity index (χ3n) is 2.42. The summed E-state index contributed by atoms with van der Waals surface area (Å²) in [6.07, 6.45) is 0. The third-order valence-corrected chi connectivity index (χ3v) is 2.42. The molecule has 1 aromatic carbocycles. The average molecular weight is 223 g/mol. The molecule has 1 heterocycles. The van der Waals surface area contributed by atoms with Crippen LogP contribution in [-0.4, -0.2) is 32.8 Å². The molecule has 0 aromatic heterocycles. The van der Waals surface area contributed by atoms with Gasteiger partial charge in [-0.25, -0.2) is 4.79 Å². The number of rotatable bonds is 2. The van der Waals surface area contributed by atoms with E-state index >= 15 is 0 Å². The fraction of sp³-hybridized carbons (Fsp3) is 0.364. The monoisotopic (exact) mass is 223 g/mol. The minimum absolute atomic E-state index is 0.257. The van der Waals surface area contributed by atoms with Crippen molar-refractivity contribution >= 4 is 11.7 Å². The molecule has 1 N–H and O–H groups in total. The highest BCUT2D eigenvalue weighted by molar-refractivity contribution is 5.82. The molecule has 0 spiro atoms. The second-order valence-corrected chi connectivity index (χ2v) is 3.36. The largest absolute Gasteiger partial charge is 0.494 e. The lowest BCUT2D eigenvalue weighted by atomic mass is 10.2. The van der Waals surface area contributed by atoms with Crippen LogP contribution in [0.25, 0.3) is 0 Å². The Morgan fingerprint density at radius 1 is 1.50 bits per heavy atom. The molecule has 0 fully saturated rings. The lowest BCUT2D eigenvalue weighted by Gasteiger charge is -2.26. The van der Waals surface area contributed by atoms with E-state index in [1.165, 1.54) is 7.11 Å². The fourth-order valence-electron chi connectivity index (χ4n) is 1.60. The van der Waals surface area contributed by atoms with Gasteiger partial charge >= 0.3 is 5.97 Å². The number of anilines is 1. The van der Waals surface area contributed by atoms with Gasteiger partial charge < -0.3 is 19.5 Å². The molecule has 86 valence electrons. The number of carbonyl (C=O) groups excluding carboxylic acids is 1. The number of fused-ring (bicyclic) bond motifs is 1. The molecule has 1 aliphatic rings. The maximum atomic E-state index is 11.4. The van der Waals surface area contributed by atoms with Crippen molar-refractivity contribution in [2.24, 2.45) is 0 Å². The number of hydrogen-bond acceptors (Lipinski definition) is 5. The van der Waals surface area contributed by atoms with Crippen molar-refractivity contribution in [2.75, 3.05) is 26.1 Å². The van der Waals surface area contributed by atoms with Gasteiger partial charge in [0.15, 0.2) is 6.04 Å². The lowest BCUT2D eigenvalue weighted by Crippen LogP contribution is -2.39. The summed E-state index contributed by atoms with van der Waals surface area (Å²) in [6.45, 7) is 0.257. The summed E-state index contributed by atoms with van der Waals surface area (Å²) in [5.41, 5.74) is 0.687. The summed E-state index contributed by atoms with van der Waals surface area (Å²) >= 11 is 0. The Morgan fingerprint density at radius 2 is 2.31 bits per heavy atom. The normalized spacial score (nSPS) is 17.8. The Kier molecular flexibility index (Phi) is 2.85. The molecule has 1 aliphatic heterocycles. The van der Waals surface area contributed by atoms with Crippen molar-refractivity contribution < 1.29 is 19.0 Å². The van der Waals surface area contributed by atoms with E-state index in [-0.39, 0.29) is 12.6 Å². The number of para-hydroxylation sites is 1. The van der Waals surface area contributed by atoms with Crippen LogP contribution in [0, 0.1) is 0 Å². The first-order valence-corrected chi connectivity index (χ1v) is 4.90. The van der Waals surface area contributed by atoms with Crippen LogP contribution in [0.4, 0.5) is 5.69 Å². The number of benzene rings is 1. The number of ether oxygens (including phenoxy) is 3. The van der Waals surface area contributed by atoms with Crippen LogP contribution in [0.3, 0.4) is 0 Å². The zero-order valence-corrected chi connectivity index (χ0v) is 9.15. The van der Waals surface area contributed by atoms with E-state index in [1.807, 2.05) is 12.1 Å². The molecule has 2 rings (SSSR count). The molecule has 0 radical (unpaired) electrons. The van der Waals surface area contributed by atoms with Gasteiger partial charge in [-0.05, 0) is 12.1 Å². The van der Waals surface area contributed by atoms with Crippen molar-refractivity contribution in [3.05, 3.63) is 18.2 Å². The van der Waals surface area contributed by atoms with Crippen LogP contribution >= 0.6 is 0 Å². The van der Waals surface area contributed by atoms with Crippen LogP contribution in [0.1, 0.15) is 0 Å². The summed E-state index contributed by atoms with van der Waals surface area (Å²) in [5.74, 6) is 0.974. The van der Waals surface area contributed by atoms with Gasteiger partial charge in [-0.3, -0.25) is 0 Å². The topological polar surface area (TPSA) is 56.8 Å². The Balaban J connectivity index is 2.27. The second kappa shape index (κ2) is 4.30. The highest BCUT2D eigenvalue weighted by Gasteiger charge is 2.27. The Bertz CT molecular complexity index is 391. The number of carbonyl (C=O) groups is 1. The van der Waals surface area contributed by atoms with Crippen molar-refractivity contribution in [3.63, 3.8) is 0 Å². The smallest absolute Gasteiger partial charge is 0.331 e. The van der Waals surface area contributed by atoms with Crippen molar-refractivity contribution in [1.29, 1.82) is 0 Å². The summed E-state index contributed by atoms with van der Waals surface area (Å²) in [7, 11) is 2.92. The summed E-state index contributed by atoms with van der Waals surface area (Å²) in [6, 6.07) is 4.96. The minimum atomic E-state index is -0.492. The van der Waals surface area contributed by atoms with Crippen LogP contribution in [-0.2, 0) is 9.53 Å². The second-order valence-electron chi connectivity index (χ2n) is 3.36. The molecule has 5 nitrogen and oxygen atoms in total. The van der Waals surface area contributed by atoms with Crippen molar-refractivity contribution in [2.45, 2.75) is 6.04 Å². The fourth-order valence-corrected chi connectivity index (χ4v) is 1.60. The predicted octanol–water partition coefficient (Wildman–Crippen LogP) is 1.04. The first-order chi connectivity index (χ1) is 7.76. The number of esters is 1. The first-order valence-electron chi connectivity index (χ1n) is 4.90. The zero-order chi connectivity index (χ0) is 11.5. The van der Waals surface area contributed by atoms with E-state index in [2.05, 4.69) is 10.1 Å². The molecular formula is C11H13NO4.